The van der Waals surface area contributed by atoms with Crippen LogP contribution in [0, 0.1) is 0 Å². The number of benzene rings is 2. The van der Waals surface area contributed by atoms with Gasteiger partial charge in [0.05, 0.1) is 18.5 Å². The summed E-state index contributed by atoms with van der Waals surface area (Å²) in [4.78, 5) is 4.63. The van der Waals surface area contributed by atoms with Crippen molar-refractivity contribution in [1.82, 2.24) is 0 Å². The fourth-order valence-corrected chi connectivity index (χ4v) is 3.89. The summed E-state index contributed by atoms with van der Waals surface area (Å²) >= 11 is 1.93. The molecule has 0 saturated carbocycles. The summed E-state index contributed by atoms with van der Waals surface area (Å²) in [7, 11) is 6.00. The Balaban J connectivity index is 1.76. The topological polar surface area (TPSA) is 15.7 Å². The van der Waals surface area contributed by atoms with Crippen LogP contribution in [0.2, 0.25) is 0 Å². The van der Waals surface area contributed by atoms with Crippen molar-refractivity contribution in [3.63, 3.8) is 0 Å². The quantitative estimate of drug-likeness (QED) is 0.853. The van der Waals surface area contributed by atoms with Crippen molar-refractivity contribution >= 4 is 23.1 Å². The van der Waals surface area contributed by atoms with Gasteiger partial charge in [0, 0.05) is 25.9 Å². The minimum atomic E-state index is 0.312. The molecule has 0 radical (unpaired) electrons. The van der Waals surface area contributed by atoms with E-state index in [2.05, 4.69) is 66.4 Å². The van der Waals surface area contributed by atoms with Crippen molar-refractivity contribution < 1.29 is 4.74 Å². The molecule has 3 nitrogen and oxygen atoms in total. The third kappa shape index (κ3) is 2.68. The Morgan fingerprint density at radius 3 is 2.43 bits per heavy atom. The largest absolute Gasteiger partial charge is 0.497 e. The van der Waals surface area contributed by atoms with E-state index in [9.17, 15) is 0 Å². The molecular formula is C17H20N2OS. The molecule has 21 heavy (non-hydrogen) atoms. The van der Waals surface area contributed by atoms with E-state index >= 15 is 0 Å². The van der Waals surface area contributed by atoms with Gasteiger partial charge in [-0.15, -0.1) is 11.8 Å². The summed E-state index contributed by atoms with van der Waals surface area (Å²) in [5.74, 6) is 1.91. The van der Waals surface area contributed by atoms with Gasteiger partial charge in [-0.05, 0) is 17.7 Å². The lowest BCUT2D eigenvalue weighted by atomic mass is 10.2. The predicted octanol–water partition coefficient (Wildman–Crippen LogP) is 3.80. The van der Waals surface area contributed by atoms with Gasteiger partial charge >= 0.3 is 0 Å². The molecule has 0 spiro atoms. The molecular weight excluding hydrogens is 280 g/mol. The maximum atomic E-state index is 5.34. The van der Waals surface area contributed by atoms with Gasteiger partial charge in [0.15, 0.2) is 5.50 Å². The summed E-state index contributed by atoms with van der Waals surface area (Å²) in [5, 5.41) is 0. The highest BCUT2D eigenvalue weighted by Gasteiger charge is 2.31. The van der Waals surface area contributed by atoms with Gasteiger partial charge in [0.1, 0.15) is 5.75 Å². The summed E-state index contributed by atoms with van der Waals surface area (Å²) < 4.78 is 5.34. The molecule has 1 aliphatic rings. The van der Waals surface area contributed by atoms with Gasteiger partial charge in [-0.1, -0.05) is 30.3 Å². The SMILES string of the molecule is COc1ccc2c(c1)N(C)C(SCc1ccccc1)N2C. The van der Waals surface area contributed by atoms with Crippen LogP contribution in [-0.4, -0.2) is 26.7 Å². The highest BCUT2D eigenvalue weighted by molar-refractivity contribution is 7.99. The lowest BCUT2D eigenvalue weighted by Gasteiger charge is -2.27. The number of hydrogen-bond donors (Lipinski definition) is 0. The number of thioether (sulfide) groups is 1. The molecule has 1 heterocycles. The molecule has 3 rings (SSSR count). The zero-order chi connectivity index (χ0) is 14.8. The van der Waals surface area contributed by atoms with Crippen molar-refractivity contribution in [3.05, 3.63) is 54.1 Å². The summed E-state index contributed by atoms with van der Waals surface area (Å²) in [6.07, 6.45) is 0. The van der Waals surface area contributed by atoms with E-state index in [0.717, 1.165) is 11.5 Å². The molecule has 0 bridgehead atoms. The molecule has 2 aromatic carbocycles. The molecule has 0 saturated heterocycles. The van der Waals surface area contributed by atoms with E-state index < -0.39 is 0 Å². The smallest absolute Gasteiger partial charge is 0.150 e. The Morgan fingerprint density at radius 1 is 1.00 bits per heavy atom. The van der Waals surface area contributed by atoms with Gasteiger partial charge < -0.3 is 14.5 Å². The van der Waals surface area contributed by atoms with Gasteiger partial charge in [-0.3, -0.25) is 0 Å². The van der Waals surface area contributed by atoms with Crippen molar-refractivity contribution in [2.75, 3.05) is 31.0 Å². The Hall–Kier alpha value is -1.81. The zero-order valence-corrected chi connectivity index (χ0v) is 13.4. The molecule has 1 atom stereocenters. The van der Waals surface area contributed by atoms with Crippen LogP contribution >= 0.6 is 11.8 Å². The number of fused-ring (bicyclic) bond motifs is 1. The van der Waals surface area contributed by atoms with E-state index in [1.165, 1.54) is 16.9 Å². The fraction of sp³-hybridized carbons (Fsp3) is 0.294. The van der Waals surface area contributed by atoms with Gasteiger partial charge in [-0.25, -0.2) is 0 Å². The van der Waals surface area contributed by atoms with Crippen molar-refractivity contribution in [2.24, 2.45) is 0 Å². The van der Waals surface area contributed by atoms with E-state index in [1.807, 2.05) is 17.8 Å². The van der Waals surface area contributed by atoms with Gasteiger partial charge in [0.2, 0.25) is 0 Å². The molecule has 110 valence electrons. The minimum Gasteiger partial charge on any atom is -0.497 e. The molecule has 0 aromatic heterocycles. The second-order valence-electron chi connectivity index (χ2n) is 5.20. The third-order valence-corrected chi connectivity index (χ3v) is 5.28. The highest BCUT2D eigenvalue weighted by atomic mass is 32.2. The van der Waals surface area contributed by atoms with Crippen LogP contribution in [0.1, 0.15) is 5.56 Å². The van der Waals surface area contributed by atoms with E-state index in [0.29, 0.717) is 5.50 Å². The molecule has 0 fully saturated rings. The zero-order valence-electron chi connectivity index (χ0n) is 12.6. The minimum absolute atomic E-state index is 0.312. The summed E-state index contributed by atoms with van der Waals surface area (Å²) in [6, 6.07) is 16.9. The van der Waals surface area contributed by atoms with Crippen LogP contribution in [0.3, 0.4) is 0 Å². The first-order valence-electron chi connectivity index (χ1n) is 7.00. The molecule has 4 heteroatoms. The standard InChI is InChI=1S/C17H20N2OS/c1-18-15-10-9-14(20-3)11-16(15)19(2)17(18)21-12-13-7-5-4-6-8-13/h4-11,17H,12H2,1-3H3. The summed E-state index contributed by atoms with van der Waals surface area (Å²) in [5.41, 5.74) is 4.15. The third-order valence-electron chi connectivity index (χ3n) is 3.85. The van der Waals surface area contributed by atoms with Crippen molar-refractivity contribution in [1.29, 1.82) is 0 Å². The predicted molar refractivity (Wildman–Crippen MR) is 91.3 cm³/mol. The van der Waals surface area contributed by atoms with Crippen LogP contribution in [0.5, 0.6) is 5.75 Å². The lowest BCUT2D eigenvalue weighted by Crippen LogP contribution is -2.36. The fourth-order valence-electron chi connectivity index (χ4n) is 2.68. The molecule has 1 unspecified atom stereocenters. The second-order valence-corrected chi connectivity index (χ2v) is 6.24. The number of anilines is 2. The monoisotopic (exact) mass is 300 g/mol. The van der Waals surface area contributed by atoms with Crippen LogP contribution < -0.4 is 14.5 Å². The Morgan fingerprint density at radius 2 is 1.71 bits per heavy atom. The lowest BCUT2D eigenvalue weighted by molar-refractivity contribution is 0.415. The Bertz CT molecular complexity index is 617. The van der Waals surface area contributed by atoms with Crippen molar-refractivity contribution in [3.8, 4) is 5.75 Å². The average molecular weight is 300 g/mol. The second kappa shape index (κ2) is 5.90. The molecule has 2 aromatic rings. The van der Waals surface area contributed by atoms with Gasteiger partial charge in [0.25, 0.3) is 0 Å². The van der Waals surface area contributed by atoms with Crippen LogP contribution in [0.25, 0.3) is 0 Å². The summed E-state index contributed by atoms with van der Waals surface area (Å²) in [6.45, 7) is 0. The number of nitrogens with zero attached hydrogens (tertiary/aromatic N) is 2. The maximum absolute atomic E-state index is 5.34. The molecule has 1 aliphatic heterocycles. The Kier molecular flexibility index (Phi) is 3.97. The van der Waals surface area contributed by atoms with E-state index in [-0.39, 0.29) is 0 Å². The highest BCUT2D eigenvalue weighted by Crippen LogP contribution is 2.43. The average Bonchev–Trinajstić information content (AvgIpc) is 2.77. The first kappa shape index (κ1) is 14.1. The molecule has 0 amide bonds. The first-order chi connectivity index (χ1) is 10.2. The molecule has 0 N–H and O–H groups in total. The van der Waals surface area contributed by atoms with Crippen molar-refractivity contribution in [2.45, 2.75) is 11.3 Å². The number of rotatable bonds is 4. The first-order valence-corrected chi connectivity index (χ1v) is 8.05. The van der Waals surface area contributed by atoms with Crippen LogP contribution in [0.15, 0.2) is 48.5 Å². The van der Waals surface area contributed by atoms with Gasteiger partial charge in [-0.2, -0.15) is 0 Å². The maximum Gasteiger partial charge on any atom is 0.150 e. The van der Waals surface area contributed by atoms with E-state index in [1.54, 1.807) is 7.11 Å². The van der Waals surface area contributed by atoms with Crippen LogP contribution in [-0.2, 0) is 5.75 Å². The van der Waals surface area contributed by atoms with E-state index in [4.69, 9.17) is 4.74 Å². The number of methoxy groups -OCH3 is 1. The van der Waals surface area contributed by atoms with Crippen LogP contribution in [0.4, 0.5) is 11.4 Å². The number of ether oxygens (including phenoxy) is 1. The number of hydrogen-bond acceptors (Lipinski definition) is 4. The Labute approximate surface area is 130 Å². The normalized spacial score (nSPS) is 17.0. The molecule has 0 aliphatic carbocycles.